The van der Waals surface area contributed by atoms with Crippen LogP contribution < -0.4 is 10.1 Å². The Labute approximate surface area is 177 Å². The summed E-state index contributed by atoms with van der Waals surface area (Å²) in [4.78, 5) is 12.7. The van der Waals surface area contributed by atoms with Crippen LogP contribution in [0.5, 0.6) is 5.75 Å². The quantitative estimate of drug-likeness (QED) is 0.601. The van der Waals surface area contributed by atoms with Crippen LogP contribution in [0.3, 0.4) is 0 Å². The Balaban J connectivity index is 1.62. The maximum atomic E-state index is 12.5. The number of carbonyl (C=O) groups excluding carboxylic acids is 1. The summed E-state index contributed by atoms with van der Waals surface area (Å²) in [6, 6.07) is 23.3. The van der Waals surface area contributed by atoms with Crippen LogP contribution in [0, 0.1) is 0 Å². The third kappa shape index (κ3) is 5.25. The van der Waals surface area contributed by atoms with Crippen LogP contribution in [0.15, 0.2) is 83.8 Å². The molecule has 30 heavy (non-hydrogen) atoms. The van der Waals surface area contributed by atoms with Gasteiger partial charge in [0, 0.05) is 26.2 Å². The monoisotopic (exact) mass is 424 g/mol. The van der Waals surface area contributed by atoms with Crippen LogP contribution in [-0.2, 0) is 23.2 Å². The number of rotatable bonds is 8. The van der Waals surface area contributed by atoms with Gasteiger partial charge in [-0.3, -0.25) is 4.79 Å². The van der Waals surface area contributed by atoms with Crippen molar-refractivity contribution in [2.24, 2.45) is 0 Å². The Morgan fingerprint density at radius 3 is 2.20 bits per heavy atom. The second kappa shape index (κ2) is 9.56. The number of para-hydroxylation sites is 1. The van der Waals surface area contributed by atoms with E-state index in [1.807, 2.05) is 42.5 Å². The molecule has 0 aliphatic carbocycles. The molecule has 0 atom stereocenters. The van der Waals surface area contributed by atoms with Crippen LogP contribution in [0.2, 0.25) is 0 Å². The fraction of sp³-hybridized carbons (Fsp3) is 0.174. The first-order chi connectivity index (χ1) is 14.4. The van der Waals surface area contributed by atoms with Crippen LogP contribution in [-0.4, -0.2) is 32.7 Å². The van der Waals surface area contributed by atoms with Crippen LogP contribution in [0.25, 0.3) is 0 Å². The summed E-state index contributed by atoms with van der Waals surface area (Å²) in [7, 11) is -0.627. The van der Waals surface area contributed by atoms with E-state index in [-0.39, 0.29) is 17.3 Å². The SMILES string of the molecule is CN(C)S(=O)(=O)c1ccccc1CNC(=O)c1ccc(COc2ccccc2)cc1. The predicted octanol–water partition coefficient (Wildman–Crippen LogP) is 3.45. The average Bonchev–Trinajstić information content (AvgIpc) is 2.77. The Morgan fingerprint density at radius 1 is 0.900 bits per heavy atom. The molecule has 0 aliphatic heterocycles. The number of nitrogens with one attached hydrogen (secondary N) is 1. The maximum absolute atomic E-state index is 12.5. The topological polar surface area (TPSA) is 75.7 Å². The standard InChI is InChI=1S/C23H24N2O4S/c1-25(2)30(27,28)22-11-7-6-8-20(22)16-24-23(26)19-14-12-18(13-15-19)17-29-21-9-4-3-5-10-21/h3-15H,16-17H2,1-2H3,(H,24,26). The lowest BCUT2D eigenvalue weighted by Gasteiger charge is -2.15. The van der Waals surface area contributed by atoms with Crippen molar-refractivity contribution in [2.45, 2.75) is 18.0 Å². The Kier molecular flexibility index (Phi) is 6.87. The van der Waals surface area contributed by atoms with Crippen molar-refractivity contribution < 1.29 is 17.9 Å². The normalized spacial score (nSPS) is 11.3. The van der Waals surface area contributed by atoms with Gasteiger partial charge in [0.15, 0.2) is 0 Å². The van der Waals surface area contributed by atoms with Gasteiger partial charge < -0.3 is 10.1 Å². The van der Waals surface area contributed by atoms with Crippen molar-refractivity contribution >= 4 is 15.9 Å². The number of carbonyl (C=O) groups is 1. The highest BCUT2D eigenvalue weighted by Gasteiger charge is 2.20. The van der Waals surface area contributed by atoms with Gasteiger partial charge in [0.2, 0.25) is 10.0 Å². The Morgan fingerprint density at radius 2 is 1.53 bits per heavy atom. The summed E-state index contributed by atoms with van der Waals surface area (Å²) >= 11 is 0. The van der Waals surface area contributed by atoms with E-state index in [2.05, 4.69) is 5.32 Å². The van der Waals surface area contributed by atoms with Gasteiger partial charge in [-0.25, -0.2) is 12.7 Å². The van der Waals surface area contributed by atoms with E-state index in [0.717, 1.165) is 15.6 Å². The third-order valence-corrected chi connectivity index (χ3v) is 6.45. The van der Waals surface area contributed by atoms with Gasteiger partial charge in [-0.15, -0.1) is 0 Å². The zero-order chi connectivity index (χ0) is 21.6. The third-order valence-electron chi connectivity index (χ3n) is 4.54. The highest BCUT2D eigenvalue weighted by atomic mass is 32.2. The summed E-state index contributed by atoms with van der Waals surface area (Å²) in [6.45, 7) is 0.516. The summed E-state index contributed by atoms with van der Waals surface area (Å²) in [5.74, 6) is 0.508. The van der Waals surface area contributed by atoms with Gasteiger partial charge in [-0.2, -0.15) is 0 Å². The number of ether oxygens (including phenoxy) is 1. The number of benzene rings is 3. The molecule has 1 N–H and O–H groups in total. The maximum Gasteiger partial charge on any atom is 0.251 e. The van der Waals surface area contributed by atoms with E-state index in [0.29, 0.717) is 17.7 Å². The number of hydrogen-bond acceptors (Lipinski definition) is 4. The lowest BCUT2D eigenvalue weighted by Crippen LogP contribution is -2.27. The largest absolute Gasteiger partial charge is 0.489 e. The van der Waals surface area contributed by atoms with E-state index in [1.165, 1.54) is 14.1 Å². The molecular formula is C23H24N2O4S. The van der Waals surface area contributed by atoms with Crippen molar-refractivity contribution in [2.75, 3.05) is 14.1 Å². The smallest absolute Gasteiger partial charge is 0.251 e. The summed E-state index contributed by atoms with van der Waals surface area (Å²) in [6.07, 6.45) is 0. The van der Waals surface area contributed by atoms with Crippen LogP contribution in [0.1, 0.15) is 21.5 Å². The molecule has 3 aromatic carbocycles. The van der Waals surface area contributed by atoms with Crippen molar-refractivity contribution in [3.8, 4) is 5.75 Å². The first kappa shape index (κ1) is 21.5. The zero-order valence-electron chi connectivity index (χ0n) is 16.9. The van der Waals surface area contributed by atoms with E-state index < -0.39 is 10.0 Å². The lowest BCUT2D eigenvalue weighted by atomic mass is 10.1. The van der Waals surface area contributed by atoms with E-state index in [1.54, 1.807) is 36.4 Å². The van der Waals surface area contributed by atoms with E-state index in [4.69, 9.17) is 4.74 Å². The molecule has 6 nitrogen and oxygen atoms in total. The van der Waals surface area contributed by atoms with Gasteiger partial charge in [0.05, 0.1) is 4.90 Å². The van der Waals surface area contributed by atoms with Crippen molar-refractivity contribution in [1.82, 2.24) is 9.62 Å². The number of sulfonamides is 1. The predicted molar refractivity (Wildman–Crippen MR) is 116 cm³/mol. The highest BCUT2D eigenvalue weighted by molar-refractivity contribution is 7.89. The summed E-state index contributed by atoms with van der Waals surface area (Å²) in [5, 5.41) is 2.79. The second-order valence-corrected chi connectivity index (χ2v) is 9.00. The lowest BCUT2D eigenvalue weighted by molar-refractivity contribution is 0.0950. The minimum atomic E-state index is -3.59. The molecule has 156 valence electrons. The zero-order valence-corrected chi connectivity index (χ0v) is 17.7. The fourth-order valence-corrected chi connectivity index (χ4v) is 3.93. The van der Waals surface area contributed by atoms with Crippen molar-refractivity contribution in [1.29, 1.82) is 0 Å². The first-order valence-electron chi connectivity index (χ1n) is 9.43. The van der Waals surface area contributed by atoms with Crippen molar-refractivity contribution in [3.63, 3.8) is 0 Å². The van der Waals surface area contributed by atoms with Gasteiger partial charge in [-0.1, -0.05) is 48.5 Å². The summed E-state index contributed by atoms with van der Waals surface area (Å²) < 4.78 is 31.8. The van der Waals surface area contributed by atoms with Gasteiger partial charge in [-0.05, 0) is 41.5 Å². The Hall–Kier alpha value is -3.16. The average molecular weight is 425 g/mol. The molecular weight excluding hydrogens is 400 g/mol. The molecule has 0 spiro atoms. The molecule has 0 unspecified atom stereocenters. The number of amides is 1. The first-order valence-corrected chi connectivity index (χ1v) is 10.9. The van der Waals surface area contributed by atoms with Gasteiger partial charge in [0.25, 0.3) is 5.91 Å². The minimum absolute atomic E-state index is 0.112. The minimum Gasteiger partial charge on any atom is -0.489 e. The molecule has 0 bridgehead atoms. The molecule has 3 aromatic rings. The molecule has 0 saturated carbocycles. The Bertz CT molecular complexity index is 1100. The molecule has 0 fully saturated rings. The van der Waals surface area contributed by atoms with Gasteiger partial charge >= 0.3 is 0 Å². The number of hydrogen-bond donors (Lipinski definition) is 1. The fourth-order valence-electron chi connectivity index (χ4n) is 2.81. The molecule has 0 saturated heterocycles. The van der Waals surface area contributed by atoms with Crippen LogP contribution in [0.4, 0.5) is 0 Å². The molecule has 0 aromatic heterocycles. The molecule has 0 aliphatic rings. The van der Waals surface area contributed by atoms with Crippen LogP contribution >= 0.6 is 0 Å². The molecule has 7 heteroatoms. The molecule has 3 rings (SSSR count). The molecule has 0 heterocycles. The van der Waals surface area contributed by atoms with E-state index >= 15 is 0 Å². The summed E-state index contributed by atoms with van der Waals surface area (Å²) in [5.41, 5.74) is 1.97. The molecule has 1 amide bonds. The van der Waals surface area contributed by atoms with Gasteiger partial charge in [0.1, 0.15) is 12.4 Å². The van der Waals surface area contributed by atoms with E-state index in [9.17, 15) is 13.2 Å². The second-order valence-electron chi connectivity index (χ2n) is 6.88. The highest BCUT2D eigenvalue weighted by Crippen LogP contribution is 2.18. The molecule has 0 radical (unpaired) electrons. The number of nitrogens with zero attached hydrogens (tertiary/aromatic N) is 1. The van der Waals surface area contributed by atoms with Crippen molar-refractivity contribution in [3.05, 3.63) is 95.6 Å².